The molecule has 2 aromatic heterocycles. The number of carbonyl (C=O) groups excluding carboxylic acids is 1. The molecule has 0 saturated carbocycles. The van der Waals surface area contributed by atoms with Gasteiger partial charge in [0.25, 0.3) is 5.91 Å². The smallest absolute Gasteiger partial charge is 0.251 e. The molecule has 1 aliphatic heterocycles. The van der Waals surface area contributed by atoms with E-state index in [0.29, 0.717) is 23.6 Å². The normalized spacial score (nSPS) is 12.2. The fourth-order valence-electron chi connectivity index (χ4n) is 2.43. The van der Waals surface area contributed by atoms with E-state index >= 15 is 0 Å². The zero-order chi connectivity index (χ0) is 16.4. The van der Waals surface area contributed by atoms with E-state index in [4.69, 9.17) is 13.9 Å². The molecule has 1 aromatic carbocycles. The summed E-state index contributed by atoms with van der Waals surface area (Å²) in [6.07, 6.45) is 4.99. The van der Waals surface area contributed by atoms with E-state index in [0.717, 1.165) is 16.8 Å². The van der Waals surface area contributed by atoms with E-state index < -0.39 is 0 Å². The van der Waals surface area contributed by atoms with E-state index in [2.05, 4.69) is 10.3 Å². The maximum absolute atomic E-state index is 12.2. The van der Waals surface area contributed by atoms with Crippen molar-refractivity contribution >= 4 is 5.91 Å². The molecule has 0 radical (unpaired) electrons. The Kier molecular flexibility index (Phi) is 3.63. The fourth-order valence-corrected chi connectivity index (χ4v) is 2.43. The summed E-state index contributed by atoms with van der Waals surface area (Å²) >= 11 is 0. The monoisotopic (exact) mass is 322 g/mol. The molecular weight excluding hydrogens is 308 g/mol. The number of pyridine rings is 1. The Morgan fingerprint density at radius 3 is 2.83 bits per heavy atom. The molecule has 0 saturated heterocycles. The van der Waals surface area contributed by atoms with Crippen molar-refractivity contribution in [3.8, 4) is 22.8 Å². The van der Waals surface area contributed by atoms with Crippen LogP contribution in [-0.4, -0.2) is 17.7 Å². The van der Waals surface area contributed by atoms with E-state index in [9.17, 15) is 4.79 Å². The maximum atomic E-state index is 12.2. The van der Waals surface area contributed by atoms with E-state index in [-0.39, 0.29) is 12.7 Å². The third-order valence-electron chi connectivity index (χ3n) is 3.73. The van der Waals surface area contributed by atoms with Crippen molar-refractivity contribution in [3.63, 3.8) is 0 Å². The van der Waals surface area contributed by atoms with Crippen LogP contribution < -0.4 is 14.8 Å². The van der Waals surface area contributed by atoms with Gasteiger partial charge >= 0.3 is 0 Å². The van der Waals surface area contributed by atoms with E-state index in [1.54, 1.807) is 36.9 Å². The molecule has 24 heavy (non-hydrogen) atoms. The third-order valence-corrected chi connectivity index (χ3v) is 3.73. The molecule has 3 heterocycles. The highest BCUT2D eigenvalue weighted by atomic mass is 16.7. The zero-order valence-electron chi connectivity index (χ0n) is 12.7. The van der Waals surface area contributed by atoms with Crippen molar-refractivity contribution in [1.82, 2.24) is 10.3 Å². The Morgan fingerprint density at radius 2 is 2.04 bits per heavy atom. The molecule has 1 N–H and O–H groups in total. The summed E-state index contributed by atoms with van der Waals surface area (Å²) in [5.41, 5.74) is 3.19. The summed E-state index contributed by atoms with van der Waals surface area (Å²) in [4.78, 5) is 16.6. The second-order valence-corrected chi connectivity index (χ2v) is 5.31. The number of carbonyl (C=O) groups is 1. The third kappa shape index (κ3) is 2.81. The van der Waals surface area contributed by atoms with Crippen LogP contribution in [0.2, 0.25) is 0 Å². The van der Waals surface area contributed by atoms with Crippen molar-refractivity contribution < 1.29 is 18.7 Å². The Bertz CT molecular complexity index is 857. The predicted octanol–water partition coefficient (Wildman–Crippen LogP) is 3.00. The van der Waals surface area contributed by atoms with Gasteiger partial charge in [-0.05, 0) is 35.9 Å². The van der Waals surface area contributed by atoms with Crippen LogP contribution in [0.25, 0.3) is 11.3 Å². The van der Waals surface area contributed by atoms with E-state index in [1.807, 2.05) is 18.2 Å². The van der Waals surface area contributed by atoms with Gasteiger partial charge in [-0.25, -0.2) is 0 Å². The highest BCUT2D eigenvalue weighted by molar-refractivity contribution is 5.94. The maximum Gasteiger partial charge on any atom is 0.251 e. The number of furan rings is 1. The SMILES string of the molecule is O=C(NCc1ccc(-c2ccoc2)nc1)c1ccc2c(c1)OCO2. The van der Waals surface area contributed by atoms with Crippen LogP contribution in [0.5, 0.6) is 11.5 Å². The summed E-state index contributed by atoms with van der Waals surface area (Å²) < 4.78 is 15.6. The molecule has 0 unspecified atom stereocenters. The van der Waals surface area contributed by atoms with Crippen molar-refractivity contribution in [3.05, 3.63) is 66.2 Å². The average Bonchev–Trinajstić information content (AvgIpc) is 3.30. The van der Waals surface area contributed by atoms with Crippen molar-refractivity contribution in [2.75, 3.05) is 6.79 Å². The predicted molar refractivity (Wildman–Crippen MR) is 85.7 cm³/mol. The number of nitrogens with zero attached hydrogens (tertiary/aromatic N) is 1. The fraction of sp³-hybridized carbons (Fsp3) is 0.111. The number of nitrogens with one attached hydrogen (secondary N) is 1. The second-order valence-electron chi connectivity index (χ2n) is 5.31. The van der Waals surface area contributed by atoms with Gasteiger partial charge in [0, 0.05) is 23.9 Å². The number of hydrogen-bond donors (Lipinski definition) is 1. The summed E-state index contributed by atoms with van der Waals surface area (Å²) in [5, 5.41) is 2.87. The number of amides is 1. The molecule has 1 aliphatic rings. The molecule has 6 nitrogen and oxygen atoms in total. The Hall–Kier alpha value is -3.28. The number of hydrogen-bond acceptors (Lipinski definition) is 5. The van der Waals surface area contributed by atoms with Gasteiger partial charge in [0.15, 0.2) is 11.5 Å². The molecule has 0 bridgehead atoms. The second kappa shape index (κ2) is 6.08. The van der Waals surface area contributed by atoms with Crippen LogP contribution in [0.3, 0.4) is 0 Å². The summed E-state index contributed by atoms with van der Waals surface area (Å²) in [5.74, 6) is 1.08. The van der Waals surface area contributed by atoms with Crippen LogP contribution in [0.15, 0.2) is 59.5 Å². The van der Waals surface area contributed by atoms with Crippen LogP contribution >= 0.6 is 0 Å². The topological polar surface area (TPSA) is 73.6 Å². The quantitative estimate of drug-likeness (QED) is 0.799. The molecule has 6 heteroatoms. The molecule has 3 aromatic rings. The molecule has 0 spiro atoms. The summed E-state index contributed by atoms with van der Waals surface area (Å²) in [6.45, 7) is 0.584. The highest BCUT2D eigenvalue weighted by Gasteiger charge is 2.16. The molecule has 0 fully saturated rings. The minimum absolute atomic E-state index is 0.174. The Morgan fingerprint density at radius 1 is 1.12 bits per heavy atom. The number of rotatable bonds is 4. The number of aromatic nitrogens is 1. The van der Waals surface area contributed by atoms with Crippen molar-refractivity contribution in [2.45, 2.75) is 6.54 Å². The molecule has 0 aliphatic carbocycles. The lowest BCUT2D eigenvalue weighted by Crippen LogP contribution is -2.22. The van der Waals surface area contributed by atoms with Crippen LogP contribution in [0.1, 0.15) is 15.9 Å². The molecule has 120 valence electrons. The minimum Gasteiger partial charge on any atom is -0.472 e. The number of fused-ring (bicyclic) bond motifs is 1. The summed E-state index contributed by atoms with van der Waals surface area (Å²) in [6, 6.07) is 10.8. The lowest BCUT2D eigenvalue weighted by Gasteiger charge is -2.06. The van der Waals surface area contributed by atoms with Gasteiger partial charge < -0.3 is 19.2 Å². The molecule has 4 rings (SSSR count). The molecular formula is C18H14N2O4. The van der Waals surface area contributed by atoms with Gasteiger partial charge in [-0.3, -0.25) is 9.78 Å². The summed E-state index contributed by atoms with van der Waals surface area (Å²) in [7, 11) is 0. The molecule has 1 amide bonds. The first-order valence-corrected chi connectivity index (χ1v) is 7.45. The zero-order valence-corrected chi connectivity index (χ0v) is 12.7. The Labute approximate surface area is 138 Å². The van der Waals surface area contributed by atoms with Gasteiger partial charge in [-0.15, -0.1) is 0 Å². The van der Waals surface area contributed by atoms with Crippen molar-refractivity contribution in [1.29, 1.82) is 0 Å². The average molecular weight is 322 g/mol. The lowest BCUT2D eigenvalue weighted by molar-refractivity contribution is 0.0950. The first-order chi connectivity index (χ1) is 11.8. The van der Waals surface area contributed by atoms with Crippen LogP contribution in [0, 0.1) is 0 Å². The van der Waals surface area contributed by atoms with Crippen LogP contribution in [0.4, 0.5) is 0 Å². The van der Waals surface area contributed by atoms with Gasteiger partial charge in [0.1, 0.15) is 0 Å². The first kappa shape index (κ1) is 14.3. The largest absolute Gasteiger partial charge is 0.472 e. The number of benzene rings is 1. The van der Waals surface area contributed by atoms with Gasteiger partial charge in [0.2, 0.25) is 6.79 Å². The lowest BCUT2D eigenvalue weighted by atomic mass is 10.1. The van der Waals surface area contributed by atoms with Crippen LogP contribution in [-0.2, 0) is 6.54 Å². The first-order valence-electron chi connectivity index (χ1n) is 7.45. The van der Waals surface area contributed by atoms with Gasteiger partial charge in [-0.2, -0.15) is 0 Å². The minimum atomic E-state index is -0.174. The van der Waals surface area contributed by atoms with Gasteiger partial charge in [0.05, 0.1) is 18.2 Å². The number of ether oxygens (including phenoxy) is 2. The highest BCUT2D eigenvalue weighted by Crippen LogP contribution is 2.32. The standard InChI is InChI=1S/C18H14N2O4/c21-18(13-2-4-16-17(7-13)24-11-23-16)20-9-12-1-3-15(19-8-12)14-5-6-22-10-14/h1-8,10H,9,11H2,(H,20,21). The van der Waals surface area contributed by atoms with Crippen molar-refractivity contribution in [2.24, 2.45) is 0 Å². The Balaban J connectivity index is 1.40. The molecule has 0 atom stereocenters. The van der Waals surface area contributed by atoms with E-state index in [1.165, 1.54) is 0 Å². The van der Waals surface area contributed by atoms with Gasteiger partial charge in [-0.1, -0.05) is 6.07 Å².